The van der Waals surface area contributed by atoms with Gasteiger partial charge in [-0.2, -0.15) is 0 Å². The molecule has 0 bridgehead atoms. The summed E-state index contributed by atoms with van der Waals surface area (Å²) in [6.07, 6.45) is 4.76. The van der Waals surface area contributed by atoms with E-state index in [1.807, 2.05) is 0 Å². The van der Waals surface area contributed by atoms with Gasteiger partial charge < -0.3 is 4.90 Å². The Hall–Kier alpha value is -1.58. The number of nitrogens with zero attached hydrogens (tertiary/aromatic N) is 4. The van der Waals surface area contributed by atoms with E-state index in [2.05, 4.69) is 55.6 Å². The first-order valence-electron chi connectivity index (χ1n) is 8.79. The molecule has 3 rings (SSSR count). The molecule has 1 aliphatic heterocycles. The molecule has 0 unspecified atom stereocenters. The Labute approximate surface area is 159 Å². The molecule has 142 valence electrons. The average molecular weight is 396 g/mol. The van der Waals surface area contributed by atoms with E-state index in [0.717, 1.165) is 29.9 Å². The number of hydrogen-bond acceptors (Lipinski definition) is 6. The van der Waals surface area contributed by atoms with Gasteiger partial charge in [0.1, 0.15) is 0 Å². The van der Waals surface area contributed by atoms with Crippen LogP contribution in [0, 0.1) is 6.92 Å². The molecule has 1 aromatic heterocycles. The Morgan fingerprint density at radius 1 is 1.12 bits per heavy atom. The topological polar surface area (TPSA) is 80.1 Å². The van der Waals surface area contributed by atoms with Crippen molar-refractivity contribution >= 4 is 27.7 Å². The van der Waals surface area contributed by atoms with Crippen LogP contribution in [0.4, 0.5) is 5.95 Å². The van der Waals surface area contributed by atoms with Crippen molar-refractivity contribution in [1.29, 1.82) is 0 Å². The highest BCUT2D eigenvalue weighted by molar-refractivity contribution is 7.99. The first-order valence-corrected chi connectivity index (χ1v) is 11.7. The van der Waals surface area contributed by atoms with Gasteiger partial charge >= 0.3 is 0 Å². The summed E-state index contributed by atoms with van der Waals surface area (Å²) in [6, 6.07) is 8.31. The largest absolute Gasteiger partial charge is 0.341 e. The van der Waals surface area contributed by atoms with E-state index >= 15 is 0 Å². The first-order chi connectivity index (χ1) is 12.4. The molecule has 1 N–H and O–H groups in total. The fourth-order valence-electron chi connectivity index (χ4n) is 2.94. The lowest BCUT2D eigenvalue weighted by atomic mass is 10.1. The summed E-state index contributed by atoms with van der Waals surface area (Å²) in [5.74, 6) is 1.46. The highest BCUT2D eigenvalue weighted by atomic mass is 32.2. The van der Waals surface area contributed by atoms with E-state index in [1.54, 1.807) is 0 Å². The molecule has 9 heteroatoms. The number of sulfonamides is 1. The van der Waals surface area contributed by atoms with Crippen LogP contribution >= 0.6 is 11.8 Å². The number of nitrogens with one attached hydrogen (secondary N) is 1. The molecule has 0 aliphatic carbocycles. The number of benzene rings is 1. The molecule has 1 aromatic carbocycles. The van der Waals surface area contributed by atoms with Crippen molar-refractivity contribution < 1.29 is 8.42 Å². The second-order valence-electron chi connectivity index (χ2n) is 6.52. The second-order valence-corrected chi connectivity index (χ2v) is 9.41. The molecule has 0 spiro atoms. The predicted molar refractivity (Wildman–Crippen MR) is 106 cm³/mol. The number of aromatic nitrogens is 3. The highest BCUT2D eigenvalue weighted by Gasteiger charge is 2.21. The van der Waals surface area contributed by atoms with Crippen molar-refractivity contribution in [3.63, 3.8) is 0 Å². The summed E-state index contributed by atoms with van der Waals surface area (Å²) in [4.78, 5) is 2.29. The quantitative estimate of drug-likeness (QED) is 0.572. The van der Waals surface area contributed by atoms with Crippen molar-refractivity contribution in [2.24, 2.45) is 0 Å². The molecular formula is C17H25N5O2S2. The molecule has 0 atom stereocenters. The van der Waals surface area contributed by atoms with Gasteiger partial charge in [0, 0.05) is 25.4 Å². The number of anilines is 1. The van der Waals surface area contributed by atoms with Gasteiger partial charge in [-0.05, 0) is 38.3 Å². The minimum absolute atomic E-state index is 0.364. The maximum atomic E-state index is 11.2. The standard InChI is InChI=1S/C17H25N5O2S2/c1-14-6-8-15(9-7-14)22-16(21-11-4-3-5-12-21)19-20-17(22)25-13-10-18-26(2,23)24/h6-9,18H,3-5,10-13H2,1-2H3. The van der Waals surface area contributed by atoms with Crippen LogP contribution in [0.3, 0.4) is 0 Å². The first kappa shape index (κ1) is 19.2. The third kappa shape index (κ3) is 4.99. The maximum Gasteiger partial charge on any atom is 0.232 e. The molecule has 7 nitrogen and oxygen atoms in total. The van der Waals surface area contributed by atoms with Crippen LogP contribution < -0.4 is 9.62 Å². The van der Waals surface area contributed by atoms with Crippen molar-refractivity contribution in [1.82, 2.24) is 19.5 Å². The van der Waals surface area contributed by atoms with E-state index in [1.165, 1.54) is 42.8 Å². The van der Waals surface area contributed by atoms with Crippen LogP contribution in [0.5, 0.6) is 0 Å². The summed E-state index contributed by atoms with van der Waals surface area (Å²) >= 11 is 1.51. The molecule has 1 fully saturated rings. The molecule has 2 heterocycles. The highest BCUT2D eigenvalue weighted by Crippen LogP contribution is 2.28. The van der Waals surface area contributed by atoms with Gasteiger partial charge in [0.2, 0.25) is 16.0 Å². The van der Waals surface area contributed by atoms with E-state index in [9.17, 15) is 8.42 Å². The van der Waals surface area contributed by atoms with Gasteiger partial charge in [-0.25, -0.2) is 13.1 Å². The number of rotatable bonds is 7. The van der Waals surface area contributed by atoms with E-state index in [0.29, 0.717) is 12.3 Å². The lowest BCUT2D eigenvalue weighted by Gasteiger charge is -2.27. The zero-order valence-corrected chi connectivity index (χ0v) is 16.8. The molecule has 1 aliphatic rings. The third-order valence-electron chi connectivity index (χ3n) is 4.24. The van der Waals surface area contributed by atoms with Gasteiger partial charge in [-0.3, -0.25) is 4.57 Å². The monoisotopic (exact) mass is 395 g/mol. The summed E-state index contributed by atoms with van der Waals surface area (Å²) in [5.41, 5.74) is 2.23. The van der Waals surface area contributed by atoms with Gasteiger partial charge in [0.05, 0.1) is 11.9 Å². The van der Waals surface area contributed by atoms with E-state index < -0.39 is 10.0 Å². The van der Waals surface area contributed by atoms with Crippen LogP contribution in [0.1, 0.15) is 24.8 Å². The fourth-order valence-corrected chi connectivity index (χ4v) is 4.35. The van der Waals surface area contributed by atoms with Gasteiger partial charge in [0.25, 0.3) is 0 Å². The van der Waals surface area contributed by atoms with Gasteiger partial charge in [-0.15, -0.1) is 10.2 Å². The SMILES string of the molecule is Cc1ccc(-n2c(SCCNS(C)(=O)=O)nnc2N2CCCCC2)cc1. The lowest BCUT2D eigenvalue weighted by Crippen LogP contribution is -2.31. The minimum Gasteiger partial charge on any atom is -0.341 e. The normalized spacial score (nSPS) is 15.4. The van der Waals surface area contributed by atoms with Crippen molar-refractivity contribution in [3.05, 3.63) is 29.8 Å². The van der Waals surface area contributed by atoms with Crippen LogP contribution in [-0.4, -0.2) is 54.8 Å². The Morgan fingerprint density at radius 2 is 1.81 bits per heavy atom. The smallest absolute Gasteiger partial charge is 0.232 e. The Kier molecular flexibility index (Phi) is 6.20. The van der Waals surface area contributed by atoms with Crippen molar-refractivity contribution in [2.45, 2.75) is 31.3 Å². The van der Waals surface area contributed by atoms with Crippen LogP contribution in [0.15, 0.2) is 29.4 Å². The van der Waals surface area contributed by atoms with Crippen molar-refractivity contribution in [3.8, 4) is 5.69 Å². The summed E-state index contributed by atoms with van der Waals surface area (Å²) in [5, 5.41) is 9.61. The van der Waals surface area contributed by atoms with Gasteiger partial charge in [-0.1, -0.05) is 29.5 Å². The Balaban J connectivity index is 1.83. The molecule has 0 amide bonds. The molecule has 26 heavy (non-hydrogen) atoms. The van der Waals surface area contributed by atoms with E-state index in [4.69, 9.17) is 0 Å². The van der Waals surface area contributed by atoms with E-state index in [-0.39, 0.29) is 0 Å². The number of aryl methyl sites for hydroxylation is 1. The third-order valence-corrected chi connectivity index (χ3v) is 5.90. The number of piperidine rings is 1. The Morgan fingerprint density at radius 3 is 2.46 bits per heavy atom. The molecule has 1 saturated heterocycles. The van der Waals surface area contributed by atoms with Gasteiger partial charge in [0.15, 0.2) is 5.16 Å². The Bertz CT molecular complexity index is 827. The summed E-state index contributed by atoms with van der Waals surface area (Å²) < 4.78 is 27.0. The average Bonchev–Trinajstić information content (AvgIpc) is 3.03. The second kappa shape index (κ2) is 8.41. The van der Waals surface area contributed by atoms with Crippen molar-refractivity contribution in [2.75, 3.05) is 36.5 Å². The summed E-state index contributed by atoms with van der Waals surface area (Å²) in [7, 11) is -3.17. The lowest BCUT2D eigenvalue weighted by molar-refractivity contribution is 0.564. The number of hydrogen-bond donors (Lipinski definition) is 1. The number of thioether (sulfide) groups is 1. The van der Waals surface area contributed by atoms with Crippen LogP contribution in [-0.2, 0) is 10.0 Å². The molecule has 0 saturated carbocycles. The maximum absolute atomic E-state index is 11.2. The zero-order valence-electron chi connectivity index (χ0n) is 15.2. The minimum atomic E-state index is -3.17. The van der Waals surface area contributed by atoms with Crippen LogP contribution in [0.2, 0.25) is 0 Å². The molecular weight excluding hydrogens is 370 g/mol. The van der Waals surface area contributed by atoms with Crippen LogP contribution in [0.25, 0.3) is 5.69 Å². The summed E-state index contributed by atoms with van der Waals surface area (Å²) in [6.45, 7) is 4.41. The molecule has 2 aromatic rings. The molecule has 0 radical (unpaired) electrons. The fraction of sp³-hybridized carbons (Fsp3) is 0.529. The predicted octanol–water partition coefficient (Wildman–Crippen LogP) is 2.21. The zero-order chi connectivity index (χ0) is 18.6.